The monoisotopic (exact) mass is 414 g/mol. The van der Waals surface area contributed by atoms with Crippen LogP contribution in [0.1, 0.15) is 5.56 Å². The third kappa shape index (κ3) is 5.87. The zero-order valence-corrected chi connectivity index (χ0v) is 16.9. The average Bonchev–Trinajstić information content (AvgIpc) is 2.74. The van der Waals surface area contributed by atoms with Crippen molar-refractivity contribution in [2.24, 2.45) is 0 Å². The van der Waals surface area contributed by atoms with E-state index in [1.54, 1.807) is 30.5 Å². The molecule has 152 valence electrons. The molecule has 0 saturated heterocycles. The van der Waals surface area contributed by atoms with E-state index in [0.717, 1.165) is 5.56 Å². The molecular formula is C19H22N6O3S. The highest BCUT2D eigenvalue weighted by Gasteiger charge is 2.13. The molecular weight excluding hydrogens is 392 g/mol. The molecule has 9 nitrogen and oxygen atoms in total. The SMILES string of the molecule is COc1ccc(S(=O)(=O)NCCNc2ccc(Nc3ccc(C)cn3)nn2)cc1. The fourth-order valence-corrected chi connectivity index (χ4v) is 3.41. The van der Waals surface area contributed by atoms with Crippen molar-refractivity contribution < 1.29 is 13.2 Å². The van der Waals surface area contributed by atoms with Gasteiger partial charge in [-0.15, -0.1) is 10.2 Å². The minimum atomic E-state index is -3.58. The van der Waals surface area contributed by atoms with Crippen LogP contribution in [0.2, 0.25) is 0 Å². The Morgan fingerprint density at radius 1 is 0.897 bits per heavy atom. The average molecular weight is 414 g/mol. The summed E-state index contributed by atoms with van der Waals surface area (Å²) in [7, 11) is -2.06. The van der Waals surface area contributed by atoms with Gasteiger partial charge in [-0.3, -0.25) is 0 Å². The number of methoxy groups -OCH3 is 1. The Balaban J connectivity index is 1.46. The van der Waals surface area contributed by atoms with Crippen LogP contribution in [0, 0.1) is 6.92 Å². The molecule has 2 aromatic heterocycles. The lowest BCUT2D eigenvalue weighted by atomic mass is 10.3. The van der Waals surface area contributed by atoms with Crippen LogP contribution >= 0.6 is 0 Å². The first-order valence-electron chi connectivity index (χ1n) is 8.87. The number of rotatable bonds is 9. The van der Waals surface area contributed by atoms with Gasteiger partial charge in [0.25, 0.3) is 0 Å². The number of anilines is 3. The van der Waals surface area contributed by atoms with E-state index in [2.05, 4.69) is 30.5 Å². The molecule has 3 N–H and O–H groups in total. The maximum atomic E-state index is 12.3. The van der Waals surface area contributed by atoms with Gasteiger partial charge in [0.1, 0.15) is 17.4 Å². The molecule has 3 aromatic rings. The van der Waals surface area contributed by atoms with Crippen molar-refractivity contribution >= 4 is 27.5 Å². The molecule has 2 heterocycles. The summed E-state index contributed by atoms with van der Waals surface area (Å²) in [5, 5.41) is 14.2. The topological polar surface area (TPSA) is 118 Å². The third-order valence-corrected chi connectivity index (χ3v) is 5.40. The first-order valence-corrected chi connectivity index (χ1v) is 10.4. The van der Waals surface area contributed by atoms with Crippen LogP contribution in [0.25, 0.3) is 0 Å². The molecule has 0 amide bonds. The molecule has 1 aromatic carbocycles. The van der Waals surface area contributed by atoms with Gasteiger partial charge in [0.15, 0.2) is 5.82 Å². The molecule has 0 aliphatic carbocycles. The number of nitrogens with zero attached hydrogens (tertiary/aromatic N) is 3. The minimum Gasteiger partial charge on any atom is -0.497 e. The van der Waals surface area contributed by atoms with Gasteiger partial charge in [0, 0.05) is 19.3 Å². The number of pyridine rings is 1. The van der Waals surface area contributed by atoms with E-state index in [9.17, 15) is 8.42 Å². The summed E-state index contributed by atoms with van der Waals surface area (Å²) >= 11 is 0. The highest BCUT2D eigenvalue weighted by Crippen LogP contribution is 2.15. The molecule has 0 aliphatic heterocycles. The summed E-state index contributed by atoms with van der Waals surface area (Å²) in [6.45, 7) is 2.52. The molecule has 0 saturated carbocycles. The standard InChI is InChI=1S/C19H22N6O3S/c1-14-3-8-17(21-13-14)23-19-10-9-18(24-25-19)20-11-12-22-29(26,27)16-6-4-15(28-2)5-7-16/h3-10,13,22H,11-12H2,1-2H3,(H,20,24)(H,21,23,25). The molecule has 0 atom stereocenters. The van der Waals surface area contributed by atoms with Crippen molar-refractivity contribution in [2.45, 2.75) is 11.8 Å². The lowest BCUT2D eigenvalue weighted by molar-refractivity contribution is 0.414. The van der Waals surface area contributed by atoms with Crippen molar-refractivity contribution in [2.75, 3.05) is 30.8 Å². The zero-order chi connectivity index (χ0) is 20.7. The molecule has 0 unspecified atom stereocenters. The fraction of sp³-hybridized carbons (Fsp3) is 0.211. The van der Waals surface area contributed by atoms with Gasteiger partial charge in [-0.1, -0.05) is 6.07 Å². The number of aromatic nitrogens is 3. The maximum Gasteiger partial charge on any atom is 0.240 e. The second-order valence-electron chi connectivity index (χ2n) is 6.15. The summed E-state index contributed by atoms with van der Waals surface area (Å²) in [4.78, 5) is 4.43. The molecule has 10 heteroatoms. The highest BCUT2D eigenvalue weighted by molar-refractivity contribution is 7.89. The second kappa shape index (κ2) is 9.30. The number of ether oxygens (including phenoxy) is 1. The van der Waals surface area contributed by atoms with Crippen molar-refractivity contribution in [3.63, 3.8) is 0 Å². The van der Waals surface area contributed by atoms with Crippen LogP contribution in [-0.2, 0) is 10.0 Å². The summed E-state index contributed by atoms with van der Waals surface area (Å²) in [6.07, 6.45) is 1.76. The van der Waals surface area contributed by atoms with E-state index in [0.29, 0.717) is 29.7 Å². The van der Waals surface area contributed by atoms with Gasteiger partial charge in [0.05, 0.1) is 12.0 Å². The zero-order valence-electron chi connectivity index (χ0n) is 16.1. The van der Waals surface area contributed by atoms with E-state index in [4.69, 9.17) is 4.74 Å². The van der Waals surface area contributed by atoms with Crippen molar-refractivity contribution in [1.82, 2.24) is 19.9 Å². The molecule has 0 aliphatic rings. The van der Waals surface area contributed by atoms with E-state index < -0.39 is 10.0 Å². The summed E-state index contributed by atoms with van der Waals surface area (Å²) in [5.41, 5.74) is 1.07. The van der Waals surface area contributed by atoms with Gasteiger partial charge in [-0.05, 0) is 55.0 Å². The highest BCUT2D eigenvalue weighted by atomic mass is 32.2. The van der Waals surface area contributed by atoms with E-state index in [1.165, 1.54) is 19.2 Å². The predicted molar refractivity (Wildman–Crippen MR) is 111 cm³/mol. The molecule has 3 rings (SSSR count). The number of nitrogens with one attached hydrogen (secondary N) is 3. The second-order valence-corrected chi connectivity index (χ2v) is 7.92. The fourth-order valence-electron chi connectivity index (χ4n) is 2.38. The van der Waals surface area contributed by atoms with Crippen LogP contribution < -0.4 is 20.1 Å². The normalized spacial score (nSPS) is 11.1. The van der Waals surface area contributed by atoms with Gasteiger partial charge in [0.2, 0.25) is 10.0 Å². The number of hydrogen-bond acceptors (Lipinski definition) is 8. The number of sulfonamides is 1. The Labute approximate surface area is 169 Å². The molecule has 0 radical (unpaired) electrons. The Morgan fingerprint density at radius 2 is 1.59 bits per heavy atom. The number of hydrogen-bond donors (Lipinski definition) is 3. The van der Waals surface area contributed by atoms with Crippen molar-refractivity contribution in [3.05, 3.63) is 60.3 Å². The molecule has 0 spiro atoms. The van der Waals surface area contributed by atoms with E-state index >= 15 is 0 Å². The van der Waals surface area contributed by atoms with Crippen molar-refractivity contribution in [3.8, 4) is 5.75 Å². The Bertz CT molecular complexity index is 1020. The van der Waals surface area contributed by atoms with E-state index in [1.807, 2.05) is 19.1 Å². The summed E-state index contributed by atoms with van der Waals surface area (Å²) in [6, 6.07) is 13.5. The first kappa shape index (κ1) is 20.5. The Hall–Kier alpha value is -3.24. The lowest BCUT2D eigenvalue weighted by Gasteiger charge is -2.09. The molecule has 29 heavy (non-hydrogen) atoms. The lowest BCUT2D eigenvalue weighted by Crippen LogP contribution is -2.29. The third-order valence-electron chi connectivity index (χ3n) is 3.92. The molecule has 0 fully saturated rings. The summed E-state index contributed by atoms with van der Waals surface area (Å²) < 4.78 is 32.1. The van der Waals surface area contributed by atoms with Crippen LogP contribution in [-0.4, -0.2) is 43.8 Å². The van der Waals surface area contributed by atoms with E-state index in [-0.39, 0.29) is 11.4 Å². The largest absolute Gasteiger partial charge is 0.497 e. The van der Waals surface area contributed by atoms with Gasteiger partial charge < -0.3 is 15.4 Å². The van der Waals surface area contributed by atoms with Crippen molar-refractivity contribution in [1.29, 1.82) is 0 Å². The molecule has 0 bridgehead atoms. The predicted octanol–water partition coefficient (Wildman–Crippen LogP) is 2.32. The Kier molecular flexibility index (Phi) is 6.57. The van der Waals surface area contributed by atoms with Crippen LogP contribution in [0.3, 0.4) is 0 Å². The summed E-state index contributed by atoms with van der Waals surface area (Å²) in [5.74, 6) is 2.38. The Morgan fingerprint density at radius 3 is 2.21 bits per heavy atom. The maximum absolute atomic E-state index is 12.3. The minimum absolute atomic E-state index is 0.179. The van der Waals surface area contributed by atoms with Crippen LogP contribution in [0.4, 0.5) is 17.5 Å². The first-order chi connectivity index (χ1) is 14.0. The quantitative estimate of drug-likeness (QED) is 0.457. The van der Waals surface area contributed by atoms with Crippen LogP contribution in [0.5, 0.6) is 5.75 Å². The number of benzene rings is 1. The van der Waals surface area contributed by atoms with Gasteiger partial charge >= 0.3 is 0 Å². The smallest absolute Gasteiger partial charge is 0.240 e. The van der Waals surface area contributed by atoms with Gasteiger partial charge in [-0.2, -0.15) is 0 Å². The van der Waals surface area contributed by atoms with Crippen LogP contribution in [0.15, 0.2) is 59.6 Å². The van der Waals surface area contributed by atoms with Gasteiger partial charge in [-0.25, -0.2) is 18.1 Å². The number of aryl methyl sites for hydroxylation is 1.